The molecule has 0 aromatic heterocycles. The summed E-state index contributed by atoms with van der Waals surface area (Å²) in [6, 6.07) is 2.08. The number of aliphatic hydroxyl groups excluding tert-OH is 1. The number of hydrogen-bond acceptors (Lipinski definition) is 3. The van der Waals surface area contributed by atoms with Gasteiger partial charge < -0.3 is 5.11 Å². The lowest BCUT2D eigenvalue weighted by Gasteiger charge is -2.31. The first-order valence-electron chi connectivity index (χ1n) is 4.13. The average Bonchev–Trinajstić information content (AvgIpc) is 2.03. The van der Waals surface area contributed by atoms with Crippen LogP contribution in [0, 0.1) is 11.3 Å². The van der Waals surface area contributed by atoms with Gasteiger partial charge in [0.05, 0.1) is 6.07 Å². The number of nitrogens with zero attached hydrogens (tertiary/aromatic N) is 2. The van der Waals surface area contributed by atoms with E-state index in [-0.39, 0.29) is 6.23 Å². The van der Waals surface area contributed by atoms with Crippen molar-refractivity contribution in [3.63, 3.8) is 0 Å². The maximum atomic E-state index is 9.41. The second-order valence-electron chi connectivity index (χ2n) is 2.92. The molecule has 0 spiro atoms. The summed E-state index contributed by atoms with van der Waals surface area (Å²) in [6.07, 6.45) is 3.37. The first-order valence-corrected chi connectivity index (χ1v) is 4.13. The monoisotopic (exact) mass is 154 g/mol. The van der Waals surface area contributed by atoms with Crippen molar-refractivity contribution < 1.29 is 5.11 Å². The van der Waals surface area contributed by atoms with Gasteiger partial charge in [-0.25, -0.2) is 0 Å². The van der Waals surface area contributed by atoms with E-state index in [1.807, 2.05) is 4.90 Å². The van der Waals surface area contributed by atoms with Crippen LogP contribution in [0.15, 0.2) is 0 Å². The van der Waals surface area contributed by atoms with Gasteiger partial charge in [0.1, 0.15) is 6.23 Å². The maximum absolute atomic E-state index is 9.41. The number of nitriles is 1. The van der Waals surface area contributed by atoms with E-state index in [0.29, 0.717) is 6.42 Å². The molecule has 1 aliphatic heterocycles. The smallest absolute Gasteiger partial charge is 0.107 e. The SMILES string of the molecule is N#CCCN1CCCC[C@H]1O. The highest BCUT2D eigenvalue weighted by atomic mass is 16.3. The summed E-state index contributed by atoms with van der Waals surface area (Å²) in [5.74, 6) is 0. The maximum Gasteiger partial charge on any atom is 0.107 e. The Morgan fingerprint density at radius 2 is 2.36 bits per heavy atom. The van der Waals surface area contributed by atoms with Crippen LogP contribution < -0.4 is 0 Å². The Morgan fingerprint density at radius 1 is 1.55 bits per heavy atom. The Bertz CT molecular complexity index is 153. The summed E-state index contributed by atoms with van der Waals surface area (Å²) in [6.45, 7) is 1.67. The van der Waals surface area contributed by atoms with Crippen LogP contribution in [0.5, 0.6) is 0 Å². The first-order chi connectivity index (χ1) is 5.34. The van der Waals surface area contributed by atoms with Crippen molar-refractivity contribution in [2.75, 3.05) is 13.1 Å². The van der Waals surface area contributed by atoms with E-state index < -0.39 is 0 Å². The normalized spacial score (nSPS) is 26.4. The summed E-state index contributed by atoms with van der Waals surface area (Å²) in [5, 5.41) is 17.7. The molecule has 0 aliphatic carbocycles. The zero-order valence-corrected chi connectivity index (χ0v) is 6.66. The third-order valence-corrected chi connectivity index (χ3v) is 2.09. The number of rotatable bonds is 2. The van der Waals surface area contributed by atoms with Crippen molar-refractivity contribution in [3.8, 4) is 6.07 Å². The minimum Gasteiger partial charge on any atom is -0.378 e. The molecule has 0 bridgehead atoms. The molecule has 3 nitrogen and oxygen atoms in total. The lowest BCUT2D eigenvalue weighted by atomic mass is 10.1. The quantitative estimate of drug-likeness (QED) is 0.637. The topological polar surface area (TPSA) is 47.3 Å². The van der Waals surface area contributed by atoms with Crippen molar-refractivity contribution in [2.45, 2.75) is 31.9 Å². The van der Waals surface area contributed by atoms with E-state index in [2.05, 4.69) is 6.07 Å². The molecule has 0 radical (unpaired) electrons. The average molecular weight is 154 g/mol. The third-order valence-electron chi connectivity index (χ3n) is 2.09. The Hall–Kier alpha value is -0.590. The Kier molecular flexibility index (Phi) is 3.34. The van der Waals surface area contributed by atoms with Crippen molar-refractivity contribution in [2.24, 2.45) is 0 Å². The fraction of sp³-hybridized carbons (Fsp3) is 0.875. The molecule has 0 aromatic rings. The zero-order valence-electron chi connectivity index (χ0n) is 6.66. The van der Waals surface area contributed by atoms with Crippen LogP contribution in [-0.2, 0) is 0 Å². The predicted octanol–water partition coefficient (Wildman–Crippen LogP) is 0.704. The van der Waals surface area contributed by atoms with Crippen LogP contribution in [0.25, 0.3) is 0 Å². The van der Waals surface area contributed by atoms with Crippen LogP contribution >= 0.6 is 0 Å². The highest BCUT2D eigenvalue weighted by Crippen LogP contribution is 2.14. The summed E-state index contributed by atoms with van der Waals surface area (Å²) in [5.41, 5.74) is 0. The van der Waals surface area contributed by atoms with Gasteiger partial charge in [0.2, 0.25) is 0 Å². The van der Waals surface area contributed by atoms with Crippen LogP contribution in [-0.4, -0.2) is 29.3 Å². The molecular weight excluding hydrogens is 140 g/mol. The van der Waals surface area contributed by atoms with Crippen molar-refractivity contribution in [1.82, 2.24) is 4.90 Å². The minimum absolute atomic E-state index is 0.294. The van der Waals surface area contributed by atoms with Crippen LogP contribution in [0.2, 0.25) is 0 Å². The molecule has 1 N–H and O–H groups in total. The number of likely N-dealkylation sites (tertiary alicyclic amines) is 1. The Morgan fingerprint density at radius 3 is 3.00 bits per heavy atom. The highest BCUT2D eigenvalue weighted by molar-refractivity contribution is 4.75. The molecule has 0 unspecified atom stereocenters. The van der Waals surface area contributed by atoms with Crippen LogP contribution in [0.1, 0.15) is 25.7 Å². The van der Waals surface area contributed by atoms with E-state index in [1.54, 1.807) is 0 Å². The van der Waals surface area contributed by atoms with Gasteiger partial charge in [-0.15, -0.1) is 0 Å². The van der Waals surface area contributed by atoms with Gasteiger partial charge in [-0.3, -0.25) is 4.90 Å². The molecular formula is C8H14N2O. The lowest BCUT2D eigenvalue weighted by molar-refractivity contribution is -0.0221. The molecule has 11 heavy (non-hydrogen) atoms. The number of piperidine rings is 1. The molecule has 0 saturated carbocycles. The Labute approximate surface area is 67.2 Å². The van der Waals surface area contributed by atoms with Gasteiger partial charge in [-0.1, -0.05) is 0 Å². The van der Waals surface area contributed by atoms with Gasteiger partial charge in [-0.05, 0) is 19.3 Å². The predicted molar refractivity (Wildman–Crippen MR) is 41.7 cm³/mol. The Balaban J connectivity index is 2.25. The minimum atomic E-state index is -0.294. The van der Waals surface area contributed by atoms with Gasteiger partial charge in [0.15, 0.2) is 0 Å². The fourth-order valence-corrected chi connectivity index (χ4v) is 1.43. The van der Waals surface area contributed by atoms with E-state index in [9.17, 15) is 5.11 Å². The third kappa shape index (κ3) is 2.49. The largest absolute Gasteiger partial charge is 0.378 e. The van der Waals surface area contributed by atoms with Crippen molar-refractivity contribution in [1.29, 1.82) is 5.26 Å². The van der Waals surface area contributed by atoms with Crippen LogP contribution in [0.4, 0.5) is 0 Å². The number of hydrogen-bond donors (Lipinski definition) is 1. The van der Waals surface area contributed by atoms with Crippen molar-refractivity contribution in [3.05, 3.63) is 0 Å². The van der Waals surface area contributed by atoms with Gasteiger partial charge >= 0.3 is 0 Å². The zero-order chi connectivity index (χ0) is 8.10. The molecule has 3 heteroatoms. The molecule has 1 atom stereocenters. The molecule has 0 aromatic carbocycles. The fourth-order valence-electron chi connectivity index (χ4n) is 1.43. The molecule has 0 amide bonds. The van der Waals surface area contributed by atoms with Crippen molar-refractivity contribution >= 4 is 0 Å². The van der Waals surface area contributed by atoms with E-state index in [4.69, 9.17) is 5.26 Å². The molecule has 1 fully saturated rings. The second-order valence-corrected chi connectivity index (χ2v) is 2.92. The van der Waals surface area contributed by atoms with Gasteiger partial charge in [0, 0.05) is 19.5 Å². The van der Waals surface area contributed by atoms with E-state index in [1.165, 1.54) is 0 Å². The summed E-state index contributed by atoms with van der Waals surface area (Å²) >= 11 is 0. The standard InChI is InChI=1S/C8H14N2O/c9-5-3-7-10-6-2-1-4-8(10)11/h8,11H,1-4,6-7H2/t8-/m1/s1. The van der Waals surface area contributed by atoms with Crippen LogP contribution in [0.3, 0.4) is 0 Å². The highest BCUT2D eigenvalue weighted by Gasteiger charge is 2.18. The first kappa shape index (κ1) is 8.51. The summed E-state index contributed by atoms with van der Waals surface area (Å²) in [7, 11) is 0. The molecule has 1 saturated heterocycles. The second kappa shape index (κ2) is 4.32. The molecule has 1 aliphatic rings. The molecule has 62 valence electrons. The molecule has 1 heterocycles. The lowest BCUT2D eigenvalue weighted by Crippen LogP contribution is -2.39. The summed E-state index contributed by atoms with van der Waals surface area (Å²) < 4.78 is 0. The van der Waals surface area contributed by atoms with E-state index >= 15 is 0 Å². The molecule has 1 rings (SSSR count). The van der Waals surface area contributed by atoms with E-state index in [0.717, 1.165) is 32.4 Å². The summed E-state index contributed by atoms with van der Waals surface area (Å²) in [4.78, 5) is 1.98. The van der Waals surface area contributed by atoms with Gasteiger partial charge in [0.25, 0.3) is 0 Å². The van der Waals surface area contributed by atoms with Gasteiger partial charge in [-0.2, -0.15) is 5.26 Å². The number of aliphatic hydroxyl groups is 1.